The molecule has 1 rings (SSSR count). The lowest BCUT2D eigenvalue weighted by Crippen LogP contribution is -2.38. The molecule has 0 spiro atoms. The number of aliphatic hydroxyl groups is 1. The molecule has 2 N–H and O–H groups in total. The number of aliphatic hydroxyl groups excluding tert-OH is 1. The van der Waals surface area contributed by atoms with E-state index in [1.165, 1.54) is 0 Å². The van der Waals surface area contributed by atoms with Gasteiger partial charge in [-0.1, -0.05) is 6.92 Å². The number of ether oxygens (including phenoxy) is 1. The van der Waals surface area contributed by atoms with Crippen LogP contribution in [-0.2, 0) is 4.74 Å². The van der Waals surface area contributed by atoms with Crippen molar-refractivity contribution in [2.45, 2.75) is 19.1 Å². The molecule has 0 radical (unpaired) electrons. The van der Waals surface area contributed by atoms with E-state index in [1.54, 1.807) is 0 Å². The molecule has 0 aromatic rings. The first kappa shape index (κ1) is 6.99. The summed E-state index contributed by atoms with van der Waals surface area (Å²) in [4.78, 5) is 0. The van der Waals surface area contributed by atoms with Crippen molar-refractivity contribution in [3.05, 3.63) is 0 Å². The second-order valence-corrected chi connectivity index (χ2v) is 2.27. The van der Waals surface area contributed by atoms with Gasteiger partial charge in [0.05, 0.1) is 25.4 Å². The zero-order valence-corrected chi connectivity index (χ0v) is 5.63. The van der Waals surface area contributed by atoms with Gasteiger partial charge in [-0.05, 0) is 6.54 Å². The van der Waals surface area contributed by atoms with Gasteiger partial charge in [-0.2, -0.15) is 0 Å². The van der Waals surface area contributed by atoms with Crippen molar-refractivity contribution in [1.82, 2.24) is 5.32 Å². The summed E-state index contributed by atoms with van der Waals surface area (Å²) in [6.45, 7) is 4.04. The summed E-state index contributed by atoms with van der Waals surface area (Å²) in [6.07, 6.45) is -0.301. The van der Waals surface area contributed by atoms with Gasteiger partial charge in [-0.3, -0.25) is 0 Å². The van der Waals surface area contributed by atoms with E-state index in [0.29, 0.717) is 13.2 Å². The normalized spacial score (nSPS) is 35.3. The average Bonchev–Trinajstić information content (AvgIpc) is 2.18. The van der Waals surface area contributed by atoms with Crippen LogP contribution in [0.25, 0.3) is 0 Å². The van der Waals surface area contributed by atoms with Crippen molar-refractivity contribution in [2.75, 3.05) is 19.8 Å². The van der Waals surface area contributed by atoms with Crippen molar-refractivity contribution < 1.29 is 9.84 Å². The Bertz CT molecular complexity index is 87.1. The lowest BCUT2D eigenvalue weighted by molar-refractivity contribution is 0.122. The van der Waals surface area contributed by atoms with Crippen LogP contribution in [0.1, 0.15) is 6.92 Å². The standard InChI is InChI=1S/C6H13NO2/c1-2-7-5-3-9-4-6(5)8/h5-8H,2-4H2,1H3. The molecule has 0 aromatic carbocycles. The quantitative estimate of drug-likeness (QED) is 0.523. The van der Waals surface area contributed by atoms with Gasteiger partial charge in [0.1, 0.15) is 0 Å². The minimum Gasteiger partial charge on any atom is -0.389 e. The van der Waals surface area contributed by atoms with Crippen LogP contribution in [0.2, 0.25) is 0 Å². The molecular formula is C6H13NO2. The Balaban J connectivity index is 2.22. The van der Waals surface area contributed by atoms with Crippen LogP contribution in [0.3, 0.4) is 0 Å². The third-order valence-electron chi connectivity index (χ3n) is 1.52. The van der Waals surface area contributed by atoms with Gasteiger partial charge < -0.3 is 15.2 Å². The lowest BCUT2D eigenvalue weighted by atomic mass is 10.2. The summed E-state index contributed by atoms with van der Waals surface area (Å²) in [5.41, 5.74) is 0. The van der Waals surface area contributed by atoms with Crippen LogP contribution in [0.15, 0.2) is 0 Å². The number of hydrogen-bond acceptors (Lipinski definition) is 3. The van der Waals surface area contributed by atoms with Crippen molar-refractivity contribution in [1.29, 1.82) is 0 Å². The van der Waals surface area contributed by atoms with E-state index >= 15 is 0 Å². The molecule has 1 aliphatic heterocycles. The van der Waals surface area contributed by atoms with Crippen LogP contribution in [0.5, 0.6) is 0 Å². The van der Waals surface area contributed by atoms with Gasteiger partial charge >= 0.3 is 0 Å². The Kier molecular flexibility index (Phi) is 2.45. The summed E-state index contributed by atoms with van der Waals surface area (Å²) in [5.74, 6) is 0. The van der Waals surface area contributed by atoms with E-state index in [9.17, 15) is 0 Å². The highest BCUT2D eigenvalue weighted by molar-refractivity contribution is 4.79. The monoisotopic (exact) mass is 131 g/mol. The van der Waals surface area contributed by atoms with E-state index < -0.39 is 0 Å². The third kappa shape index (κ3) is 1.64. The van der Waals surface area contributed by atoms with Crippen LogP contribution in [-0.4, -0.2) is 37.0 Å². The first-order chi connectivity index (χ1) is 4.34. The lowest BCUT2D eigenvalue weighted by Gasteiger charge is -2.11. The first-order valence-electron chi connectivity index (χ1n) is 3.33. The zero-order valence-electron chi connectivity index (χ0n) is 5.63. The summed E-state index contributed by atoms with van der Waals surface area (Å²) in [5, 5.41) is 12.3. The van der Waals surface area contributed by atoms with Crippen molar-refractivity contribution >= 4 is 0 Å². The molecule has 3 heteroatoms. The molecule has 9 heavy (non-hydrogen) atoms. The van der Waals surface area contributed by atoms with Crippen molar-refractivity contribution in [2.24, 2.45) is 0 Å². The highest BCUT2D eigenvalue weighted by Gasteiger charge is 2.24. The topological polar surface area (TPSA) is 41.5 Å². The predicted molar refractivity (Wildman–Crippen MR) is 34.3 cm³/mol. The molecule has 1 aliphatic rings. The maximum atomic E-state index is 9.13. The van der Waals surface area contributed by atoms with Crippen LogP contribution >= 0.6 is 0 Å². The van der Waals surface area contributed by atoms with E-state index in [1.807, 2.05) is 6.92 Å². The fourth-order valence-corrected chi connectivity index (χ4v) is 1.00. The molecule has 0 aliphatic carbocycles. The summed E-state index contributed by atoms with van der Waals surface area (Å²) in [6, 6.07) is 0.162. The van der Waals surface area contributed by atoms with Gasteiger partial charge in [-0.25, -0.2) is 0 Å². The largest absolute Gasteiger partial charge is 0.389 e. The Labute approximate surface area is 55.0 Å². The van der Waals surface area contributed by atoms with Gasteiger partial charge in [0.25, 0.3) is 0 Å². The number of likely N-dealkylation sites (N-methyl/N-ethyl adjacent to an activating group) is 1. The van der Waals surface area contributed by atoms with E-state index in [0.717, 1.165) is 6.54 Å². The molecule has 54 valence electrons. The Morgan fingerprint density at radius 1 is 1.67 bits per heavy atom. The summed E-state index contributed by atoms with van der Waals surface area (Å²) < 4.78 is 5.01. The fourth-order valence-electron chi connectivity index (χ4n) is 1.00. The molecular weight excluding hydrogens is 118 g/mol. The maximum Gasteiger partial charge on any atom is 0.0948 e. The summed E-state index contributed by atoms with van der Waals surface area (Å²) >= 11 is 0. The van der Waals surface area contributed by atoms with Crippen LogP contribution < -0.4 is 5.32 Å². The second kappa shape index (κ2) is 3.15. The second-order valence-electron chi connectivity index (χ2n) is 2.27. The first-order valence-corrected chi connectivity index (χ1v) is 3.33. The van der Waals surface area contributed by atoms with E-state index in [4.69, 9.17) is 9.84 Å². The van der Waals surface area contributed by atoms with E-state index in [2.05, 4.69) is 5.32 Å². The fraction of sp³-hybridized carbons (Fsp3) is 1.00. The molecule has 1 heterocycles. The zero-order chi connectivity index (χ0) is 6.69. The van der Waals surface area contributed by atoms with Crippen LogP contribution in [0, 0.1) is 0 Å². The molecule has 2 unspecified atom stereocenters. The van der Waals surface area contributed by atoms with Gasteiger partial charge in [-0.15, -0.1) is 0 Å². The number of rotatable bonds is 2. The number of nitrogens with one attached hydrogen (secondary N) is 1. The summed E-state index contributed by atoms with van der Waals surface area (Å²) in [7, 11) is 0. The number of hydrogen-bond donors (Lipinski definition) is 2. The molecule has 1 saturated heterocycles. The maximum absolute atomic E-state index is 9.13. The molecule has 0 aromatic heterocycles. The molecule has 0 amide bonds. The molecule has 2 atom stereocenters. The minimum atomic E-state index is -0.301. The SMILES string of the molecule is CCNC1COCC1O. The van der Waals surface area contributed by atoms with Gasteiger partial charge in [0.15, 0.2) is 0 Å². The third-order valence-corrected chi connectivity index (χ3v) is 1.52. The highest BCUT2D eigenvalue weighted by Crippen LogP contribution is 2.03. The Morgan fingerprint density at radius 3 is 2.89 bits per heavy atom. The Hall–Kier alpha value is -0.120. The minimum absolute atomic E-state index is 0.162. The molecule has 0 bridgehead atoms. The predicted octanol–water partition coefficient (Wildman–Crippen LogP) is -0.644. The van der Waals surface area contributed by atoms with Gasteiger partial charge in [0.2, 0.25) is 0 Å². The smallest absolute Gasteiger partial charge is 0.0948 e. The molecule has 0 saturated carbocycles. The molecule has 3 nitrogen and oxygen atoms in total. The highest BCUT2D eigenvalue weighted by atomic mass is 16.5. The molecule has 1 fully saturated rings. The van der Waals surface area contributed by atoms with Gasteiger partial charge in [0, 0.05) is 0 Å². The van der Waals surface area contributed by atoms with E-state index in [-0.39, 0.29) is 12.1 Å². The average molecular weight is 131 g/mol. The van der Waals surface area contributed by atoms with Crippen LogP contribution in [0.4, 0.5) is 0 Å². The van der Waals surface area contributed by atoms with Crippen molar-refractivity contribution in [3.63, 3.8) is 0 Å². The Morgan fingerprint density at radius 2 is 2.44 bits per heavy atom. The van der Waals surface area contributed by atoms with Crippen molar-refractivity contribution in [3.8, 4) is 0 Å².